The lowest BCUT2D eigenvalue weighted by Crippen LogP contribution is -2.44. The van der Waals surface area contributed by atoms with Crippen molar-refractivity contribution >= 4 is 0 Å². The average Bonchev–Trinajstić information content (AvgIpc) is 2.08. The van der Waals surface area contributed by atoms with E-state index in [9.17, 15) is 5.11 Å². The maximum absolute atomic E-state index is 9.67. The number of rotatable bonds is 8. The van der Waals surface area contributed by atoms with E-state index in [1.807, 2.05) is 20.8 Å². The highest BCUT2D eigenvalue weighted by molar-refractivity contribution is 4.79. The molecule has 1 atom stereocenters. The van der Waals surface area contributed by atoms with E-state index in [2.05, 4.69) is 19.2 Å². The Morgan fingerprint density at radius 2 is 1.87 bits per heavy atom. The molecule has 0 aliphatic heterocycles. The minimum atomic E-state index is -0.654. The molecule has 0 fully saturated rings. The van der Waals surface area contributed by atoms with E-state index >= 15 is 0 Å². The van der Waals surface area contributed by atoms with Gasteiger partial charge in [0.05, 0.1) is 5.60 Å². The number of nitrogens with one attached hydrogen (secondary N) is 1. The van der Waals surface area contributed by atoms with Gasteiger partial charge in [-0.25, -0.2) is 0 Å². The lowest BCUT2D eigenvalue weighted by Gasteiger charge is -2.26. The minimum absolute atomic E-state index is 0.114. The van der Waals surface area contributed by atoms with Crippen LogP contribution in [0.3, 0.4) is 0 Å². The molecule has 1 unspecified atom stereocenters. The standard InChI is InChI=1S/C12H27NO2/c1-10(2)9-15-8-6-7-13-11(3)12(4,5)14/h10-11,13-14H,6-9H2,1-5H3. The SMILES string of the molecule is CC(C)COCCCNC(C)C(C)(C)O. The Balaban J connectivity index is 3.32. The van der Waals surface area contributed by atoms with Gasteiger partial charge in [0.2, 0.25) is 0 Å². The molecule has 0 spiro atoms. The third-order valence-corrected chi connectivity index (χ3v) is 2.43. The van der Waals surface area contributed by atoms with Crippen LogP contribution in [0.15, 0.2) is 0 Å². The van der Waals surface area contributed by atoms with Crippen molar-refractivity contribution in [3.63, 3.8) is 0 Å². The maximum Gasteiger partial charge on any atom is 0.0741 e. The van der Waals surface area contributed by atoms with Crippen molar-refractivity contribution < 1.29 is 9.84 Å². The topological polar surface area (TPSA) is 41.5 Å². The second-order valence-electron chi connectivity index (χ2n) is 5.15. The van der Waals surface area contributed by atoms with Crippen LogP contribution in [-0.4, -0.2) is 36.5 Å². The summed E-state index contributed by atoms with van der Waals surface area (Å²) in [5, 5.41) is 12.9. The zero-order chi connectivity index (χ0) is 11.9. The van der Waals surface area contributed by atoms with Crippen LogP contribution >= 0.6 is 0 Å². The molecular formula is C12H27NO2. The first kappa shape index (κ1) is 14.9. The van der Waals surface area contributed by atoms with E-state index in [-0.39, 0.29) is 6.04 Å². The van der Waals surface area contributed by atoms with Gasteiger partial charge in [-0.15, -0.1) is 0 Å². The van der Waals surface area contributed by atoms with Crippen LogP contribution in [-0.2, 0) is 4.74 Å². The Bertz CT molecular complexity index is 152. The lowest BCUT2D eigenvalue weighted by atomic mass is 10.0. The third-order valence-electron chi connectivity index (χ3n) is 2.43. The van der Waals surface area contributed by atoms with Gasteiger partial charge >= 0.3 is 0 Å². The molecule has 0 aromatic rings. The predicted octanol–water partition coefficient (Wildman–Crippen LogP) is 1.80. The van der Waals surface area contributed by atoms with Gasteiger partial charge in [-0.1, -0.05) is 13.8 Å². The molecule has 0 aromatic heterocycles. The molecule has 2 N–H and O–H groups in total. The average molecular weight is 217 g/mol. The summed E-state index contributed by atoms with van der Waals surface area (Å²) in [4.78, 5) is 0. The normalized spacial score (nSPS) is 14.6. The summed E-state index contributed by atoms with van der Waals surface area (Å²) >= 11 is 0. The van der Waals surface area contributed by atoms with Gasteiger partial charge in [0.25, 0.3) is 0 Å². The van der Waals surface area contributed by atoms with Gasteiger partial charge in [-0.3, -0.25) is 0 Å². The summed E-state index contributed by atoms with van der Waals surface area (Å²) in [6, 6.07) is 0.114. The Hall–Kier alpha value is -0.120. The van der Waals surface area contributed by atoms with Crippen molar-refractivity contribution in [1.82, 2.24) is 5.32 Å². The van der Waals surface area contributed by atoms with E-state index in [0.717, 1.165) is 26.2 Å². The van der Waals surface area contributed by atoms with E-state index < -0.39 is 5.60 Å². The fourth-order valence-electron chi connectivity index (χ4n) is 1.06. The Labute approximate surface area is 94.2 Å². The molecule has 0 radical (unpaired) electrons. The monoisotopic (exact) mass is 217 g/mol. The van der Waals surface area contributed by atoms with E-state index in [1.54, 1.807) is 0 Å². The summed E-state index contributed by atoms with van der Waals surface area (Å²) in [7, 11) is 0. The second kappa shape index (κ2) is 7.20. The van der Waals surface area contributed by atoms with Crippen LogP contribution in [0.25, 0.3) is 0 Å². The summed E-state index contributed by atoms with van der Waals surface area (Å²) in [5.41, 5.74) is -0.654. The highest BCUT2D eigenvalue weighted by Crippen LogP contribution is 2.06. The second-order valence-corrected chi connectivity index (χ2v) is 5.15. The van der Waals surface area contributed by atoms with Gasteiger partial charge in [-0.2, -0.15) is 0 Å². The van der Waals surface area contributed by atoms with Crippen molar-refractivity contribution in [3.8, 4) is 0 Å². The first-order valence-electron chi connectivity index (χ1n) is 5.87. The molecule has 0 aliphatic rings. The first-order valence-corrected chi connectivity index (χ1v) is 5.87. The molecular weight excluding hydrogens is 190 g/mol. The predicted molar refractivity (Wildman–Crippen MR) is 64.0 cm³/mol. The molecule has 0 rings (SSSR count). The van der Waals surface area contributed by atoms with Gasteiger partial charge in [0.15, 0.2) is 0 Å². The van der Waals surface area contributed by atoms with Gasteiger partial charge in [-0.05, 0) is 39.7 Å². The molecule has 0 amide bonds. The molecule has 15 heavy (non-hydrogen) atoms. The van der Waals surface area contributed by atoms with Crippen molar-refractivity contribution in [2.45, 2.75) is 52.7 Å². The molecule has 0 aliphatic carbocycles. The number of hydrogen-bond donors (Lipinski definition) is 2. The fourth-order valence-corrected chi connectivity index (χ4v) is 1.06. The Morgan fingerprint density at radius 1 is 1.27 bits per heavy atom. The molecule has 0 aromatic carbocycles. The van der Waals surface area contributed by atoms with Crippen LogP contribution in [0.1, 0.15) is 41.0 Å². The van der Waals surface area contributed by atoms with E-state index in [0.29, 0.717) is 5.92 Å². The molecule has 0 saturated heterocycles. The van der Waals surface area contributed by atoms with Gasteiger partial charge < -0.3 is 15.2 Å². The van der Waals surface area contributed by atoms with Crippen LogP contribution in [0.2, 0.25) is 0 Å². The van der Waals surface area contributed by atoms with Crippen LogP contribution < -0.4 is 5.32 Å². The van der Waals surface area contributed by atoms with Crippen molar-refractivity contribution in [2.24, 2.45) is 5.92 Å². The zero-order valence-electron chi connectivity index (χ0n) is 10.8. The first-order chi connectivity index (χ1) is 6.84. The van der Waals surface area contributed by atoms with E-state index in [4.69, 9.17) is 4.74 Å². The van der Waals surface area contributed by atoms with Gasteiger partial charge in [0, 0.05) is 19.3 Å². The van der Waals surface area contributed by atoms with Crippen LogP contribution in [0.5, 0.6) is 0 Å². The smallest absolute Gasteiger partial charge is 0.0741 e. The van der Waals surface area contributed by atoms with Crippen molar-refractivity contribution in [3.05, 3.63) is 0 Å². The number of ether oxygens (including phenoxy) is 1. The molecule has 3 heteroatoms. The quantitative estimate of drug-likeness (QED) is 0.609. The maximum atomic E-state index is 9.67. The van der Waals surface area contributed by atoms with Crippen LogP contribution in [0.4, 0.5) is 0 Å². The summed E-state index contributed by atoms with van der Waals surface area (Å²) in [5.74, 6) is 0.605. The number of hydrogen-bond acceptors (Lipinski definition) is 3. The van der Waals surface area contributed by atoms with Crippen molar-refractivity contribution in [2.75, 3.05) is 19.8 Å². The summed E-state index contributed by atoms with van der Waals surface area (Å²) in [6.45, 7) is 12.5. The van der Waals surface area contributed by atoms with Gasteiger partial charge in [0.1, 0.15) is 0 Å². The molecule has 92 valence electrons. The highest BCUT2D eigenvalue weighted by Gasteiger charge is 2.20. The molecule has 3 nitrogen and oxygen atoms in total. The molecule has 0 bridgehead atoms. The largest absolute Gasteiger partial charge is 0.389 e. The van der Waals surface area contributed by atoms with E-state index in [1.165, 1.54) is 0 Å². The van der Waals surface area contributed by atoms with Crippen molar-refractivity contribution in [1.29, 1.82) is 0 Å². The fraction of sp³-hybridized carbons (Fsp3) is 1.00. The zero-order valence-corrected chi connectivity index (χ0v) is 10.8. The van der Waals surface area contributed by atoms with Crippen LogP contribution in [0, 0.1) is 5.92 Å². The minimum Gasteiger partial charge on any atom is -0.389 e. The Morgan fingerprint density at radius 3 is 2.33 bits per heavy atom. The molecule has 0 heterocycles. The number of aliphatic hydroxyl groups is 1. The highest BCUT2D eigenvalue weighted by atomic mass is 16.5. The lowest BCUT2D eigenvalue weighted by molar-refractivity contribution is 0.0425. The Kier molecular flexibility index (Phi) is 7.14. The summed E-state index contributed by atoms with van der Waals surface area (Å²) < 4.78 is 5.46. The molecule has 0 saturated carbocycles. The third kappa shape index (κ3) is 8.85. The summed E-state index contributed by atoms with van der Waals surface area (Å²) in [6.07, 6.45) is 0.993.